The van der Waals surface area contributed by atoms with Crippen LogP contribution in [0.25, 0.3) is 21.8 Å². The molecule has 2 N–H and O–H groups in total. The fourth-order valence-electron chi connectivity index (χ4n) is 5.62. The van der Waals surface area contributed by atoms with Crippen LogP contribution in [-0.4, -0.2) is 24.3 Å². The van der Waals surface area contributed by atoms with E-state index in [1.54, 1.807) is 0 Å². The first-order chi connectivity index (χ1) is 24.7. The molecule has 4 aromatic carbocycles. The van der Waals surface area contributed by atoms with Gasteiger partial charge in [-0.25, -0.2) is 0 Å². The lowest BCUT2D eigenvalue weighted by Gasteiger charge is -2.13. The fourth-order valence-corrected chi connectivity index (χ4v) is 5.62. The van der Waals surface area contributed by atoms with Gasteiger partial charge in [0.05, 0.1) is 22.1 Å². The van der Waals surface area contributed by atoms with E-state index in [2.05, 4.69) is 141 Å². The van der Waals surface area contributed by atoms with Crippen molar-refractivity contribution in [3.63, 3.8) is 0 Å². The molecule has 0 radical (unpaired) electrons. The van der Waals surface area contributed by atoms with Crippen molar-refractivity contribution in [2.45, 2.75) is 38.5 Å². The molecule has 0 atom stereocenters. The van der Waals surface area contributed by atoms with Gasteiger partial charge in [0, 0.05) is 48.5 Å². The van der Waals surface area contributed by atoms with Gasteiger partial charge in [0.25, 0.3) is 0 Å². The van der Waals surface area contributed by atoms with Crippen LogP contribution in [0.4, 0.5) is 37.7 Å². The Kier molecular flexibility index (Phi) is 11.3. The molecule has 6 aromatic rings. The van der Waals surface area contributed by atoms with Crippen LogP contribution in [0.15, 0.2) is 122 Å². The first-order valence-corrected chi connectivity index (χ1v) is 15.7. The molecule has 8 rings (SSSR count). The average Bonchev–Trinajstić information content (AvgIpc) is 3.11. The van der Waals surface area contributed by atoms with Crippen molar-refractivity contribution in [2.75, 3.05) is 10.6 Å². The summed E-state index contributed by atoms with van der Waals surface area (Å²) in [5.74, 6) is -6.01. The monoisotopic (exact) mass is 720 g/mol. The topological polar surface area (TPSA) is 112 Å². The minimum absolute atomic E-state index is 0.776. The first-order valence-electron chi connectivity index (χ1n) is 15.7. The Morgan fingerprint density at radius 2 is 0.865 bits per heavy atom. The number of fused-ring (bicyclic) bond motifs is 4. The van der Waals surface area contributed by atoms with Gasteiger partial charge in [0.2, 0.25) is 11.0 Å². The number of pyridine rings is 2. The van der Waals surface area contributed by atoms with E-state index in [1.807, 2.05) is 0 Å². The van der Waals surface area contributed by atoms with Gasteiger partial charge >= 0.3 is 12.4 Å². The average molecular weight is 721 g/mol. The number of hydrogen-bond acceptors (Lipinski definition) is 6. The molecule has 0 unspecified atom stereocenters. The predicted octanol–water partition coefficient (Wildman–Crippen LogP) is 4.80. The van der Waals surface area contributed by atoms with E-state index in [4.69, 9.17) is 19.8 Å². The molecule has 0 amide bonds. The van der Waals surface area contributed by atoms with Crippen molar-refractivity contribution in [3.05, 3.63) is 144 Å². The number of carboxylic acids is 2. The highest BCUT2D eigenvalue weighted by atomic mass is 19.4. The molecule has 52 heavy (non-hydrogen) atoms. The number of carboxylic acid groups (broad SMARTS) is 2. The summed E-state index contributed by atoms with van der Waals surface area (Å²) in [5.41, 5.74) is 9.91. The summed E-state index contributed by atoms with van der Waals surface area (Å²) in [7, 11) is 0. The maximum atomic E-state index is 10.5. The SMILES string of the molecule is O=C([O-])C(F)(F)F.O=C([O-])C(F)(F)F.c1cc2cc(c1)CNc1cc[n+](c3ccccc13)Cc1cccc(c1)C[n+]1ccc(c3ccccc31)NC2. The second-order valence-electron chi connectivity index (χ2n) is 11.7. The minimum Gasteiger partial charge on any atom is -0.542 e. The smallest absolute Gasteiger partial charge is 0.430 e. The Labute approximate surface area is 293 Å². The molecule has 2 aliphatic rings. The van der Waals surface area contributed by atoms with Gasteiger partial charge in [-0.1, -0.05) is 66.7 Å². The maximum Gasteiger partial charge on any atom is 0.430 e. The molecular formula is C38H30F6N4O4. The highest BCUT2D eigenvalue weighted by Crippen LogP contribution is 2.24. The van der Waals surface area contributed by atoms with E-state index in [9.17, 15) is 26.3 Å². The number of benzene rings is 4. The standard InChI is InChI=1S/C34H28N4.2C2HF3O2/c1-3-13-33-29(11-1)31-15-17-37(33)23-27-9-6-10-28(20-27)24-38-18-16-32(30-12-2-4-14-34(30)38)36-22-26-8-5-7-25(19-26)21-35-31;2*3-2(4,5)1(6)7/h1-20H,21-24H2;2*(H,6,7). The molecule has 2 aromatic heterocycles. The first kappa shape index (κ1) is 37.1. The Bertz CT molecular complexity index is 2080. The molecule has 0 spiro atoms. The molecule has 0 fully saturated rings. The van der Waals surface area contributed by atoms with Crippen LogP contribution < -0.4 is 30.0 Å². The Morgan fingerprint density at radius 3 is 1.25 bits per heavy atom. The van der Waals surface area contributed by atoms with E-state index in [0.29, 0.717) is 0 Å². The van der Waals surface area contributed by atoms with Crippen molar-refractivity contribution in [1.29, 1.82) is 0 Å². The molecule has 8 bridgehead atoms. The Hall–Kier alpha value is -6.18. The lowest BCUT2D eigenvalue weighted by molar-refractivity contribution is -0.663. The van der Waals surface area contributed by atoms with Gasteiger partial charge in [-0.15, -0.1) is 0 Å². The highest BCUT2D eigenvalue weighted by molar-refractivity contribution is 5.89. The molecule has 4 heterocycles. The maximum absolute atomic E-state index is 10.5. The van der Waals surface area contributed by atoms with Crippen LogP contribution in [0.2, 0.25) is 0 Å². The van der Waals surface area contributed by atoms with Crippen molar-refractivity contribution >= 4 is 45.1 Å². The number of carbonyl (C=O) groups is 2. The summed E-state index contributed by atoms with van der Waals surface area (Å²) < 4.78 is 67.8. The zero-order valence-electron chi connectivity index (χ0n) is 27.2. The van der Waals surface area contributed by atoms with Crippen LogP contribution in [0, 0.1) is 0 Å². The van der Waals surface area contributed by atoms with Gasteiger partial charge in [-0.05, 0) is 29.3 Å². The number of carbonyl (C=O) groups excluding carboxylic acids is 2. The van der Waals surface area contributed by atoms with E-state index < -0.39 is 24.3 Å². The fraction of sp³-hybridized carbons (Fsp3) is 0.158. The zero-order chi connectivity index (χ0) is 37.5. The van der Waals surface area contributed by atoms with Gasteiger partial charge < -0.3 is 30.4 Å². The Morgan fingerprint density at radius 1 is 0.519 bits per heavy atom. The third-order valence-electron chi connectivity index (χ3n) is 7.97. The normalized spacial score (nSPS) is 12.7. The van der Waals surface area contributed by atoms with Crippen molar-refractivity contribution in [2.24, 2.45) is 0 Å². The summed E-state index contributed by atoms with van der Waals surface area (Å²) in [6.45, 7) is 3.20. The number of rotatable bonds is 0. The van der Waals surface area contributed by atoms with E-state index in [1.165, 1.54) is 44.1 Å². The predicted molar refractivity (Wildman–Crippen MR) is 176 cm³/mol. The van der Waals surface area contributed by atoms with Crippen LogP contribution in [0.3, 0.4) is 0 Å². The number of aliphatic carboxylic acids is 2. The number of anilines is 2. The lowest BCUT2D eigenvalue weighted by atomic mass is 10.1. The summed E-state index contributed by atoms with van der Waals surface area (Å²) in [5, 5.41) is 27.4. The molecule has 14 heteroatoms. The number of hydrogen-bond donors (Lipinski definition) is 2. The van der Waals surface area contributed by atoms with Crippen LogP contribution >= 0.6 is 0 Å². The van der Waals surface area contributed by atoms with Crippen LogP contribution in [0.1, 0.15) is 22.3 Å². The van der Waals surface area contributed by atoms with Gasteiger partial charge in [0.15, 0.2) is 25.5 Å². The largest absolute Gasteiger partial charge is 0.542 e. The summed E-state index contributed by atoms with van der Waals surface area (Å²) >= 11 is 0. The number of nitrogens with zero attached hydrogens (tertiary/aromatic N) is 2. The van der Waals surface area contributed by atoms with Crippen molar-refractivity contribution < 1.29 is 55.3 Å². The molecule has 2 aliphatic heterocycles. The molecular weight excluding hydrogens is 690 g/mol. The number of halogens is 6. The molecule has 8 nitrogen and oxygen atoms in total. The van der Waals surface area contributed by atoms with Crippen molar-refractivity contribution in [1.82, 2.24) is 0 Å². The lowest BCUT2D eigenvalue weighted by Crippen LogP contribution is -2.37. The van der Waals surface area contributed by atoms with Crippen LogP contribution in [0.5, 0.6) is 0 Å². The molecule has 268 valence electrons. The van der Waals surface area contributed by atoms with Gasteiger partial charge in [0.1, 0.15) is 11.9 Å². The van der Waals surface area contributed by atoms with E-state index >= 15 is 0 Å². The quantitative estimate of drug-likeness (QED) is 0.172. The number of alkyl halides is 6. The van der Waals surface area contributed by atoms with Crippen molar-refractivity contribution in [3.8, 4) is 0 Å². The summed E-state index contributed by atoms with van der Waals surface area (Å²) in [4.78, 5) is 17.6. The third kappa shape index (κ3) is 9.53. The Balaban J connectivity index is 0.000000318. The summed E-state index contributed by atoms with van der Waals surface area (Å²) in [6.07, 6.45) is -5.98. The number of aromatic nitrogens is 2. The van der Waals surface area contributed by atoms with E-state index in [-0.39, 0.29) is 0 Å². The highest BCUT2D eigenvalue weighted by Gasteiger charge is 2.29. The zero-order valence-corrected chi connectivity index (χ0v) is 27.2. The van der Waals surface area contributed by atoms with Crippen LogP contribution in [-0.2, 0) is 35.8 Å². The third-order valence-corrected chi connectivity index (χ3v) is 7.97. The molecule has 0 aliphatic carbocycles. The minimum atomic E-state index is -5.19. The molecule has 0 saturated heterocycles. The molecule has 0 saturated carbocycles. The van der Waals surface area contributed by atoms with Gasteiger partial charge in [-0.3, -0.25) is 0 Å². The number of para-hydroxylation sites is 2. The number of nitrogens with one attached hydrogen (secondary N) is 2. The van der Waals surface area contributed by atoms with Gasteiger partial charge in [-0.2, -0.15) is 35.5 Å². The second-order valence-corrected chi connectivity index (χ2v) is 11.7. The second kappa shape index (κ2) is 15.8. The summed E-state index contributed by atoms with van der Waals surface area (Å²) in [6, 6.07) is 39.6. The van der Waals surface area contributed by atoms with E-state index in [0.717, 1.165) is 37.6 Å².